The van der Waals surface area contributed by atoms with Crippen LogP contribution in [0.3, 0.4) is 0 Å². The highest BCUT2D eigenvalue weighted by molar-refractivity contribution is 6.06. The fourth-order valence-electron chi connectivity index (χ4n) is 0.242. The van der Waals surface area contributed by atoms with Crippen molar-refractivity contribution in [1.82, 2.24) is 0 Å². The van der Waals surface area contributed by atoms with Crippen molar-refractivity contribution < 1.29 is 14.7 Å². The van der Waals surface area contributed by atoms with Gasteiger partial charge in [0.15, 0.2) is 6.29 Å². The number of carbonyl (C=O) groups is 2. The largest absolute Gasteiger partial charge is 0.478 e. The first-order chi connectivity index (χ1) is 3.72. The van der Waals surface area contributed by atoms with Crippen molar-refractivity contribution in [3.05, 3.63) is 11.6 Å². The summed E-state index contributed by atoms with van der Waals surface area (Å²) in [6.45, 7) is 1.50. The van der Waals surface area contributed by atoms with Crippen molar-refractivity contribution in [2.24, 2.45) is 0 Å². The second-order valence-corrected chi connectivity index (χ2v) is 1.17. The molecule has 44 valence electrons. The number of carboxylic acids is 1. The molecule has 0 bridgehead atoms. The summed E-state index contributed by atoms with van der Waals surface area (Å²) in [7, 11) is 0. The average molecular weight is 114 g/mol. The third kappa shape index (κ3) is 1.55. The molecular weight excluding hydrogens is 108 g/mol. The molecular formula is C5H6O3. The Labute approximate surface area is 46.6 Å². The highest BCUT2D eigenvalue weighted by atomic mass is 16.4. The van der Waals surface area contributed by atoms with Crippen LogP contribution in [-0.2, 0) is 9.59 Å². The number of rotatable bonds is 2. The van der Waals surface area contributed by atoms with E-state index in [0.29, 0.717) is 6.29 Å². The van der Waals surface area contributed by atoms with Gasteiger partial charge in [-0.2, -0.15) is 0 Å². The summed E-state index contributed by atoms with van der Waals surface area (Å²) in [6.07, 6.45) is 1.55. The van der Waals surface area contributed by atoms with E-state index in [1.165, 1.54) is 13.0 Å². The molecule has 0 unspecified atom stereocenters. The van der Waals surface area contributed by atoms with Gasteiger partial charge in [0.2, 0.25) is 0 Å². The number of hydrogen-bond donors (Lipinski definition) is 1. The topological polar surface area (TPSA) is 54.4 Å². The van der Waals surface area contributed by atoms with Gasteiger partial charge >= 0.3 is 5.97 Å². The number of allylic oxidation sites excluding steroid dienone is 1. The molecule has 0 heterocycles. The average Bonchev–Trinajstić information content (AvgIpc) is 1.69. The summed E-state index contributed by atoms with van der Waals surface area (Å²) in [6, 6.07) is 0. The smallest absolute Gasteiger partial charge is 0.338 e. The molecule has 1 N–H and O–H groups in total. The van der Waals surface area contributed by atoms with Gasteiger partial charge in [-0.1, -0.05) is 6.08 Å². The van der Waals surface area contributed by atoms with Crippen LogP contribution in [0.4, 0.5) is 0 Å². The third-order valence-corrected chi connectivity index (χ3v) is 0.685. The van der Waals surface area contributed by atoms with Gasteiger partial charge < -0.3 is 5.11 Å². The fourth-order valence-corrected chi connectivity index (χ4v) is 0.242. The van der Waals surface area contributed by atoms with Crippen molar-refractivity contribution >= 4 is 12.3 Å². The second-order valence-electron chi connectivity index (χ2n) is 1.17. The lowest BCUT2D eigenvalue weighted by Crippen LogP contribution is -1.99. The van der Waals surface area contributed by atoms with E-state index >= 15 is 0 Å². The molecule has 0 aromatic rings. The van der Waals surface area contributed by atoms with Crippen LogP contribution in [0.2, 0.25) is 0 Å². The van der Waals surface area contributed by atoms with Crippen LogP contribution in [0.1, 0.15) is 6.92 Å². The van der Waals surface area contributed by atoms with Gasteiger partial charge in [-0.05, 0) is 6.92 Å². The van der Waals surface area contributed by atoms with Crippen LogP contribution in [0.5, 0.6) is 0 Å². The highest BCUT2D eigenvalue weighted by Gasteiger charge is 2.00. The lowest BCUT2D eigenvalue weighted by molar-refractivity contribution is -0.133. The summed E-state index contributed by atoms with van der Waals surface area (Å²) >= 11 is 0. The maximum absolute atomic E-state index is 9.86. The minimum absolute atomic E-state index is 0.204. The second kappa shape index (κ2) is 2.96. The first-order valence-electron chi connectivity index (χ1n) is 2.07. The number of aldehydes is 1. The Hall–Kier alpha value is -1.12. The molecule has 0 atom stereocenters. The van der Waals surface area contributed by atoms with E-state index in [9.17, 15) is 9.59 Å². The molecule has 3 nitrogen and oxygen atoms in total. The number of hydrogen-bond acceptors (Lipinski definition) is 2. The van der Waals surface area contributed by atoms with Crippen molar-refractivity contribution in [1.29, 1.82) is 0 Å². The summed E-state index contributed by atoms with van der Waals surface area (Å²) in [5.41, 5.74) is -0.204. The van der Waals surface area contributed by atoms with Gasteiger partial charge in [0.25, 0.3) is 0 Å². The Balaban J connectivity index is 4.13. The summed E-state index contributed by atoms with van der Waals surface area (Å²) < 4.78 is 0. The Morgan fingerprint density at radius 3 is 2.12 bits per heavy atom. The van der Waals surface area contributed by atoms with E-state index in [2.05, 4.69) is 0 Å². The Kier molecular flexibility index (Phi) is 2.54. The molecule has 0 aliphatic carbocycles. The fraction of sp³-hybridized carbons (Fsp3) is 0.200. The molecule has 0 aromatic carbocycles. The van der Waals surface area contributed by atoms with Crippen molar-refractivity contribution in [3.63, 3.8) is 0 Å². The molecule has 0 saturated carbocycles. The number of carbonyl (C=O) groups excluding carboxylic acids is 1. The standard InChI is InChI=1S/C5H6O3/c1-2-4(3-6)5(7)8/h2-3H,1H3,(H,7,8). The molecule has 0 fully saturated rings. The van der Waals surface area contributed by atoms with Crippen LogP contribution in [0, 0.1) is 0 Å². The van der Waals surface area contributed by atoms with E-state index in [4.69, 9.17) is 5.11 Å². The van der Waals surface area contributed by atoms with Gasteiger partial charge in [0, 0.05) is 0 Å². The summed E-state index contributed by atoms with van der Waals surface area (Å²) in [5, 5.41) is 8.07. The lowest BCUT2D eigenvalue weighted by Gasteiger charge is -1.83. The number of carboxylic acid groups (broad SMARTS) is 1. The molecule has 0 rings (SSSR count). The molecule has 3 heteroatoms. The predicted molar refractivity (Wildman–Crippen MR) is 27.5 cm³/mol. The van der Waals surface area contributed by atoms with Crippen molar-refractivity contribution in [2.45, 2.75) is 6.92 Å². The van der Waals surface area contributed by atoms with Crippen molar-refractivity contribution in [3.8, 4) is 0 Å². The highest BCUT2D eigenvalue weighted by Crippen LogP contribution is 1.85. The molecule has 0 aliphatic rings. The predicted octanol–water partition coefficient (Wildman–Crippen LogP) is 0.216. The first-order valence-corrected chi connectivity index (χ1v) is 2.07. The Morgan fingerprint density at radius 2 is 2.12 bits per heavy atom. The van der Waals surface area contributed by atoms with Crippen LogP contribution in [-0.4, -0.2) is 17.4 Å². The maximum Gasteiger partial charge on any atom is 0.338 e. The van der Waals surface area contributed by atoms with E-state index in [-0.39, 0.29) is 5.57 Å². The maximum atomic E-state index is 9.86. The summed E-state index contributed by atoms with van der Waals surface area (Å²) in [4.78, 5) is 19.6. The Bertz CT molecular complexity index is 135. The molecule has 0 saturated heterocycles. The molecule has 0 spiro atoms. The van der Waals surface area contributed by atoms with Crippen LogP contribution in [0.25, 0.3) is 0 Å². The minimum atomic E-state index is -1.18. The zero-order valence-electron chi connectivity index (χ0n) is 4.42. The van der Waals surface area contributed by atoms with E-state index < -0.39 is 5.97 Å². The SMILES string of the molecule is CC=C(C=O)C(=O)O. The van der Waals surface area contributed by atoms with Gasteiger partial charge in [-0.15, -0.1) is 0 Å². The molecule has 0 aliphatic heterocycles. The normalized spacial score (nSPS) is 10.9. The first kappa shape index (κ1) is 6.88. The zero-order valence-corrected chi connectivity index (χ0v) is 4.42. The molecule has 8 heavy (non-hydrogen) atoms. The molecule has 0 amide bonds. The third-order valence-electron chi connectivity index (χ3n) is 0.685. The van der Waals surface area contributed by atoms with Crippen molar-refractivity contribution in [2.75, 3.05) is 0 Å². The quantitative estimate of drug-likeness (QED) is 0.242. The van der Waals surface area contributed by atoms with E-state index in [1.54, 1.807) is 0 Å². The number of aliphatic carboxylic acids is 1. The Morgan fingerprint density at radius 1 is 1.62 bits per heavy atom. The monoisotopic (exact) mass is 114 g/mol. The zero-order chi connectivity index (χ0) is 6.57. The van der Waals surface area contributed by atoms with E-state index in [1.807, 2.05) is 0 Å². The lowest BCUT2D eigenvalue weighted by atomic mass is 10.3. The van der Waals surface area contributed by atoms with Crippen LogP contribution >= 0.6 is 0 Å². The van der Waals surface area contributed by atoms with Crippen LogP contribution < -0.4 is 0 Å². The van der Waals surface area contributed by atoms with Gasteiger partial charge in [0.05, 0.1) is 5.57 Å². The molecule has 0 radical (unpaired) electrons. The van der Waals surface area contributed by atoms with E-state index in [0.717, 1.165) is 0 Å². The van der Waals surface area contributed by atoms with Gasteiger partial charge in [0.1, 0.15) is 0 Å². The van der Waals surface area contributed by atoms with Gasteiger partial charge in [-0.25, -0.2) is 4.79 Å². The van der Waals surface area contributed by atoms with Crippen LogP contribution in [0.15, 0.2) is 11.6 Å². The van der Waals surface area contributed by atoms with Gasteiger partial charge in [-0.3, -0.25) is 4.79 Å². The minimum Gasteiger partial charge on any atom is -0.478 e. The molecule has 0 aromatic heterocycles. The summed E-state index contributed by atoms with van der Waals surface area (Å²) in [5.74, 6) is -1.18.